The summed E-state index contributed by atoms with van der Waals surface area (Å²) in [6, 6.07) is 0. The molecule has 0 bridgehead atoms. The Morgan fingerprint density at radius 1 is 1.33 bits per heavy atom. The molecule has 1 atom stereocenters. The van der Waals surface area contributed by atoms with Gasteiger partial charge in [0.15, 0.2) is 5.41 Å². The van der Waals surface area contributed by atoms with Crippen LogP contribution in [0.25, 0.3) is 0 Å². The van der Waals surface area contributed by atoms with Crippen LogP contribution in [-0.4, -0.2) is 23.7 Å². The van der Waals surface area contributed by atoms with Crippen LogP contribution in [0.1, 0.15) is 52.9 Å². The van der Waals surface area contributed by atoms with Gasteiger partial charge < -0.3 is 9.84 Å². The number of rotatable bonds is 6. The van der Waals surface area contributed by atoms with Crippen LogP contribution in [0, 0.1) is 17.3 Å². The summed E-state index contributed by atoms with van der Waals surface area (Å²) < 4.78 is 5.06. The molecular formula is C14H24O4. The Morgan fingerprint density at radius 2 is 1.89 bits per heavy atom. The smallest absolute Gasteiger partial charge is 0.323 e. The van der Waals surface area contributed by atoms with E-state index in [4.69, 9.17) is 4.74 Å². The number of carbonyl (C=O) groups excluding carboxylic acids is 1. The number of aliphatic carboxylic acids is 1. The third-order valence-corrected chi connectivity index (χ3v) is 3.80. The van der Waals surface area contributed by atoms with Gasteiger partial charge in [0, 0.05) is 0 Å². The predicted octanol–water partition coefficient (Wildman–Crippen LogP) is 2.86. The summed E-state index contributed by atoms with van der Waals surface area (Å²) in [7, 11) is 0. The molecule has 4 heteroatoms. The van der Waals surface area contributed by atoms with Crippen molar-refractivity contribution < 1.29 is 19.4 Å². The zero-order chi connectivity index (χ0) is 13.8. The van der Waals surface area contributed by atoms with Crippen LogP contribution in [0.5, 0.6) is 0 Å². The summed E-state index contributed by atoms with van der Waals surface area (Å²) in [6.45, 7) is 5.85. The standard InChI is InChI=1S/C14H24O4/c1-4-18-13(17)14(12(15)16,9-10(2)3)11-7-5-6-8-11/h10-11H,4-9H2,1-3H3,(H,15,16). The Labute approximate surface area is 109 Å². The van der Waals surface area contributed by atoms with Crippen molar-refractivity contribution in [2.24, 2.45) is 17.3 Å². The lowest BCUT2D eigenvalue weighted by molar-refractivity contribution is -0.175. The van der Waals surface area contributed by atoms with Gasteiger partial charge in [0.25, 0.3) is 0 Å². The molecule has 1 aliphatic carbocycles. The summed E-state index contributed by atoms with van der Waals surface area (Å²) in [5.41, 5.74) is -1.33. The second kappa shape index (κ2) is 6.21. The number of esters is 1. The maximum absolute atomic E-state index is 12.2. The molecular weight excluding hydrogens is 232 g/mol. The average molecular weight is 256 g/mol. The van der Waals surface area contributed by atoms with Crippen molar-refractivity contribution in [1.29, 1.82) is 0 Å². The number of hydrogen-bond acceptors (Lipinski definition) is 3. The number of carboxylic acid groups (broad SMARTS) is 1. The highest BCUT2D eigenvalue weighted by Crippen LogP contribution is 2.45. The first-order valence-electron chi connectivity index (χ1n) is 6.85. The first-order valence-corrected chi connectivity index (χ1v) is 6.85. The van der Waals surface area contributed by atoms with E-state index in [9.17, 15) is 14.7 Å². The molecule has 18 heavy (non-hydrogen) atoms. The highest BCUT2D eigenvalue weighted by Gasteiger charge is 2.54. The zero-order valence-corrected chi connectivity index (χ0v) is 11.6. The fourth-order valence-electron chi connectivity index (χ4n) is 3.09. The van der Waals surface area contributed by atoms with Gasteiger partial charge in [0.2, 0.25) is 0 Å². The highest BCUT2D eigenvalue weighted by molar-refractivity contribution is 5.99. The van der Waals surface area contributed by atoms with Gasteiger partial charge in [-0.3, -0.25) is 9.59 Å². The number of hydrogen-bond donors (Lipinski definition) is 1. The van der Waals surface area contributed by atoms with Gasteiger partial charge in [-0.1, -0.05) is 26.7 Å². The monoisotopic (exact) mass is 256 g/mol. The molecule has 4 nitrogen and oxygen atoms in total. The second-order valence-corrected chi connectivity index (χ2v) is 5.58. The highest BCUT2D eigenvalue weighted by atomic mass is 16.5. The third-order valence-electron chi connectivity index (χ3n) is 3.80. The van der Waals surface area contributed by atoms with Gasteiger partial charge >= 0.3 is 11.9 Å². The number of carbonyl (C=O) groups is 2. The van der Waals surface area contributed by atoms with E-state index in [2.05, 4.69) is 0 Å². The van der Waals surface area contributed by atoms with Crippen molar-refractivity contribution in [2.75, 3.05) is 6.61 Å². The maximum atomic E-state index is 12.2. The quantitative estimate of drug-likeness (QED) is 0.586. The second-order valence-electron chi connectivity index (χ2n) is 5.58. The molecule has 1 N–H and O–H groups in total. The molecule has 104 valence electrons. The number of ether oxygens (including phenoxy) is 1. The third kappa shape index (κ3) is 2.85. The van der Waals surface area contributed by atoms with Crippen molar-refractivity contribution in [2.45, 2.75) is 52.9 Å². The molecule has 0 spiro atoms. The fourth-order valence-corrected chi connectivity index (χ4v) is 3.09. The lowest BCUT2D eigenvalue weighted by Crippen LogP contribution is -2.47. The summed E-state index contributed by atoms with van der Waals surface area (Å²) >= 11 is 0. The van der Waals surface area contributed by atoms with E-state index >= 15 is 0 Å². The Morgan fingerprint density at radius 3 is 2.28 bits per heavy atom. The molecule has 0 radical (unpaired) electrons. The molecule has 0 saturated heterocycles. The molecule has 0 amide bonds. The zero-order valence-electron chi connectivity index (χ0n) is 11.6. The minimum absolute atomic E-state index is 0.0727. The lowest BCUT2D eigenvalue weighted by Gasteiger charge is -2.34. The molecule has 1 rings (SSSR count). The Kier molecular flexibility index (Phi) is 5.17. The van der Waals surface area contributed by atoms with Gasteiger partial charge in [0.1, 0.15) is 0 Å². The average Bonchev–Trinajstić information content (AvgIpc) is 2.78. The van der Waals surface area contributed by atoms with E-state index in [-0.39, 0.29) is 18.4 Å². The van der Waals surface area contributed by atoms with Crippen LogP contribution in [0.3, 0.4) is 0 Å². The molecule has 0 aliphatic heterocycles. The van der Waals surface area contributed by atoms with E-state index in [0.29, 0.717) is 6.42 Å². The predicted molar refractivity (Wildman–Crippen MR) is 68.1 cm³/mol. The Balaban J connectivity index is 3.08. The number of carboxylic acids is 1. The van der Waals surface area contributed by atoms with Gasteiger partial charge in [-0.05, 0) is 38.0 Å². The SMILES string of the molecule is CCOC(=O)C(CC(C)C)(C(=O)O)C1CCCC1. The fraction of sp³-hybridized carbons (Fsp3) is 0.857. The van der Waals surface area contributed by atoms with Crippen molar-refractivity contribution in [1.82, 2.24) is 0 Å². The van der Waals surface area contributed by atoms with E-state index in [1.54, 1.807) is 6.92 Å². The van der Waals surface area contributed by atoms with E-state index in [1.807, 2.05) is 13.8 Å². The Hall–Kier alpha value is -1.06. The summed E-state index contributed by atoms with van der Waals surface area (Å²) in [4.78, 5) is 24.0. The van der Waals surface area contributed by atoms with Crippen molar-refractivity contribution in [3.8, 4) is 0 Å². The van der Waals surface area contributed by atoms with Crippen molar-refractivity contribution >= 4 is 11.9 Å². The Bertz CT molecular complexity index is 305. The minimum Gasteiger partial charge on any atom is -0.480 e. The molecule has 1 unspecified atom stereocenters. The summed E-state index contributed by atoms with van der Waals surface area (Å²) in [6.07, 6.45) is 4.02. The van der Waals surface area contributed by atoms with Crippen LogP contribution in [0.2, 0.25) is 0 Å². The van der Waals surface area contributed by atoms with Gasteiger partial charge in [0.05, 0.1) is 6.61 Å². The van der Waals surface area contributed by atoms with Gasteiger partial charge in [-0.25, -0.2) is 0 Å². The topological polar surface area (TPSA) is 63.6 Å². The summed E-state index contributed by atoms with van der Waals surface area (Å²) in [5, 5.41) is 9.63. The minimum atomic E-state index is -1.33. The largest absolute Gasteiger partial charge is 0.480 e. The molecule has 0 heterocycles. The van der Waals surface area contributed by atoms with Crippen LogP contribution in [0.4, 0.5) is 0 Å². The van der Waals surface area contributed by atoms with Crippen LogP contribution < -0.4 is 0 Å². The van der Waals surface area contributed by atoms with Gasteiger partial charge in [-0.2, -0.15) is 0 Å². The van der Waals surface area contributed by atoms with Gasteiger partial charge in [-0.15, -0.1) is 0 Å². The van der Waals surface area contributed by atoms with Crippen LogP contribution in [-0.2, 0) is 14.3 Å². The first kappa shape index (κ1) is 15.0. The first-order chi connectivity index (χ1) is 8.45. The molecule has 0 aromatic rings. The van der Waals surface area contributed by atoms with E-state index < -0.39 is 17.4 Å². The van der Waals surface area contributed by atoms with Crippen molar-refractivity contribution in [3.63, 3.8) is 0 Å². The molecule has 1 fully saturated rings. The molecule has 0 aromatic heterocycles. The summed E-state index contributed by atoms with van der Waals surface area (Å²) in [5.74, 6) is -1.47. The van der Waals surface area contributed by atoms with E-state index in [0.717, 1.165) is 25.7 Å². The lowest BCUT2D eigenvalue weighted by atomic mass is 9.69. The van der Waals surface area contributed by atoms with E-state index in [1.165, 1.54) is 0 Å². The molecule has 0 aromatic carbocycles. The van der Waals surface area contributed by atoms with Crippen molar-refractivity contribution in [3.05, 3.63) is 0 Å². The van der Waals surface area contributed by atoms with Crippen LogP contribution >= 0.6 is 0 Å². The normalized spacial score (nSPS) is 19.8. The molecule has 1 aliphatic rings. The molecule has 1 saturated carbocycles. The maximum Gasteiger partial charge on any atom is 0.323 e. The van der Waals surface area contributed by atoms with Crippen LogP contribution in [0.15, 0.2) is 0 Å².